The predicted octanol–water partition coefficient (Wildman–Crippen LogP) is 3.38. The maximum Gasteiger partial charge on any atom is 0.341 e. The van der Waals surface area contributed by atoms with Crippen LogP contribution in [0, 0.1) is 5.41 Å². The van der Waals surface area contributed by atoms with E-state index in [-0.39, 0.29) is 19.0 Å². The van der Waals surface area contributed by atoms with Gasteiger partial charge in [0.1, 0.15) is 11.6 Å². The van der Waals surface area contributed by atoms with Gasteiger partial charge in [0.15, 0.2) is 6.61 Å². The lowest BCUT2D eigenvalue weighted by Gasteiger charge is -2.21. The van der Waals surface area contributed by atoms with Gasteiger partial charge in [0.2, 0.25) is 0 Å². The smallest absolute Gasteiger partial charge is 0.341 e. The van der Waals surface area contributed by atoms with Gasteiger partial charge in [0, 0.05) is 53.3 Å². The van der Waals surface area contributed by atoms with Crippen LogP contribution in [0.25, 0.3) is 0 Å². The summed E-state index contributed by atoms with van der Waals surface area (Å²) in [5.41, 5.74) is 8.79. The average Bonchev–Trinajstić information content (AvgIpc) is 2.87. The molecule has 3 rings (SSSR count). The monoisotopic (exact) mass is 525 g/mol. The van der Waals surface area contributed by atoms with Crippen LogP contribution in [0.15, 0.2) is 60.7 Å². The summed E-state index contributed by atoms with van der Waals surface area (Å²) in [6.07, 6.45) is 0. The van der Waals surface area contributed by atoms with Crippen molar-refractivity contribution in [2.45, 2.75) is 6.54 Å². The van der Waals surface area contributed by atoms with Gasteiger partial charge >= 0.3 is 5.97 Å². The van der Waals surface area contributed by atoms with Crippen LogP contribution in [0.5, 0.6) is 5.75 Å². The Bertz CT molecular complexity index is 1280. The molecule has 0 aliphatic carbocycles. The van der Waals surface area contributed by atoms with E-state index in [1.165, 1.54) is 6.07 Å². The van der Waals surface area contributed by atoms with Gasteiger partial charge in [-0.05, 0) is 60.7 Å². The van der Waals surface area contributed by atoms with Gasteiger partial charge < -0.3 is 36.2 Å². The topological polar surface area (TPSA) is 161 Å². The largest absolute Gasteiger partial charge is 0.482 e. The second-order valence-corrected chi connectivity index (χ2v) is 8.54. The van der Waals surface area contributed by atoms with Crippen molar-refractivity contribution in [1.82, 2.24) is 0 Å². The molecule has 0 aliphatic heterocycles. The standard InChI is InChI=1S/C26H28ClN5O5/c1-32(10-11-33)20-7-9-23(37-15-24(34)35)17(12-20)14-30-22-8-4-18(27)13-21(22)26(36)31-19-5-2-16(3-6-19)25(28)29/h2-9,12-13,30,33H,10-11,14-15H2,1H3,(H3,28,29)(H,31,36)(H,34,35). The minimum absolute atomic E-state index is 0.0257. The summed E-state index contributed by atoms with van der Waals surface area (Å²) in [4.78, 5) is 26.0. The third-order valence-electron chi connectivity index (χ3n) is 5.42. The molecule has 0 aromatic heterocycles. The quantitative estimate of drug-likeness (QED) is 0.155. The zero-order valence-corrected chi connectivity index (χ0v) is 20.9. The number of aliphatic hydroxyl groups is 1. The molecule has 1 amide bonds. The molecule has 3 aromatic carbocycles. The van der Waals surface area contributed by atoms with Crippen molar-refractivity contribution in [2.24, 2.45) is 5.73 Å². The molecule has 0 unspecified atom stereocenters. The summed E-state index contributed by atoms with van der Waals surface area (Å²) in [6.45, 7) is 0.0972. The number of nitrogen functional groups attached to an aromatic ring is 1. The zero-order chi connectivity index (χ0) is 26.9. The molecule has 37 heavy (non-hydrogen) atoms. The molecule has 11 heteroatoms. The van der Waals surface area contributed by atoms with Crippen LogP contribution in [0.1, 0.15) is 21.5 Å². The Morgan fingerprint density at radius 3 is 2.49 bits per heavy atom. The lowest BCUT2D eigenvalue weighted by Crippen LogP contribution is -2.21. The maximum absolute atomic E-state index is 13.1. The molecule has 0 atom stereocenters. The van der Waals surface area contributed by atoms with Crippen molar-refractivity contribution >= 4 is 46.4 Å². The van der Waals surface area contributed by atoms with Crippen LogP contribution in [0.2, 0.25) is 5.02 Å². The number of likely N-dealkylation sites (N-methyl/N-ethyl adjacent to an activating group) is 1. The first-order valence-electron chi connectivity index (χ1n) is 11.3. The van der Waals surface area contributed by atoms with Gasteiger partial charge in [-0.2, -0.15) is 0 Å². The third-order valence-corrected chi connectivity index (χ3v) is 5.66. The zero-order valence-electron chi connectivity index (χ0n) is 20.1. The van der Waals surface area contributed by atoms with Crippen LogP contribution < -0.4 is 26.0 Å². The van der Waals surface area contributed by atoms with Crippen molar-refractivity contribution in [3.05, 3.63) is 82.4 Å². The lowest BCUT2D eigenvalue weighted by atomic mass is 10.1. The summed E-state index contributed by atoms with van der Waals surface area (Å²) < 4.78 is 5.45. The molecule has 10 nitrogen and oxygen atoms in total. The number of carbonyl (C=O) groups excluding carboxylic acids is 1. The molecular weight excluding hydrogens is 498 g/mol. The van der Waals surface area contributed by atoms with Crippen LogP contribution in [0.3, 0.4) is 0 Å². The van der Waals surface area contributed by atoms with Crippen LogP contribution in [0.4, 0.5) is 17.1 Å². The van der Waals surface area contributed by atoms with Gasteiger partial charge in [-0.25, -0.2) is 4.79 Å². The number of amidine groups is 1. The second-order valence-electron chi connectivity index (χ2n) is 8.11. The van der Waals surface area contributed by atoms with Gasteiger partial charge in [-0.3, -0.25) is 10.2 Å². The van der Waals surface area contributed by atoms with E-state index in [4.69, 9.17) is 32.6 Å². The first kappa shape index (κ1) is 27.3. The number of amides is 1. The number of halogens is 1. The number of aliphatic carboxylic acids is 1. The van der Waals surface area contributed by atoms with E-state index >= 15 is 0 Å². The highest BCUT2D eigenvalue weighted by molar-refractivity contribution is 6.31. The van der Waals surface area contributed by atoms with Crippen LogP contribution >= 0.6 is 11.6 Å². The Labute approximate surface area is 219 Å². The number of nitrogens with zero attached hydrogens (tertiary/aromatic N) is 1. The highest BCUT2D eigenvalue weighted by Gasteiger charge is 2.15. The number of rotatable bonds is 12. The van der Waals surface area contributed by atoms with E-state index in [0.29, 0.717) is 45.4 Å². The Morgan fingerprint density at radius 1 is 1.11 bits per heavy atom. The highest BCUT2D eigenvalue weighted by atomic mass is 35.5. The molecule has 0 radical (unpaired) electrons. The van der Waals surface area contributed by atoms with Crippen molar-refractivity contribution in [1.29, 1.82) is 5.41 Å². The van der Waals surface area contributed by atoms with Crippen LogP contribution in [-0.2, 0) is 11.3 Å². The molecule has 0 bridgehead atoms. The summed E-state index contributed by atoms with van der Waals surface area (Å²) in [6, 6.07) is 16.7. The number of carboxylic acids is 1. The molecule has 3 aromatic rings. The molecular formula is C26H28ClN5O5. The van der Waals surface area contributed by atoms with Crippen molar-refractivity contribution in [3.63, 3.8) is 0 Å². The number of nitrogens with two attached hydrogens (primary N) is 1. The number of hydrogen-bond acceptors (Lipinski definition) is 7. The van der Waals surface area contributed by atoms with E-state index in [1.807, 2.05) is 18.0 Å². The number of aliphatic hydroxyl groups excluding tert-OH is 1. The molecule has 194 valence electrons. The van der Waals surface area contributed by atoms with Gasteiger partial charge in [-0.15, -0.1) is 0 Å². The molecule has 0 heterocycles. The van der Waals surface area contributed by atoms with E-state index < -0.39 is 18.5 Å². The molecule has 7 N–H and O–H groups in total. The van der Waals surface area contributed by atoms with E-state index in [0.717, 1.165) is 5.69 Å². The van der Waals surface area contributed by atoms with E-state index in [1.54, 1.807) is 48.5 Å². The number of hydrogen-bond donors (Lipinski definition) is 6. The molecule has 0 aliphatic rings. The summed E-state index contributed by atoms with van der Waals surface area (Å²) in [7, 11) is 1.82. The predicted molar refractivity (Wildman–Crippen MR) is 144 cm³/mol. The van der Waals surface area contributed by atoms with E-state index in [9.17, 15) is 14.7 Å². The molecule has 0 fully saturated rings. The van der Waals surface area contributed by atoms with Crippen LogP contribution in [-0.4, -0.2) is 54.7 Å². The van der Waals surface area contributed by atoms with E-state index in [2.05, 4.69) is 10.6 Å². The summed E-state index contributed by atoms with van der Waals surface area (Å²) >= 11 is 6.17. The number of carboxylic acid groups (broad SMARTS) is 1. The average molecular weight is 526 g/mol. The van der Waals surface area contributed by atoms with Crippen molar-refractivity contribution in [3.8, 4) is 5.75 Å². The minimum atomic E-state index is -1.10. The highest BCUT2D eigenvalue weighted by Crippen LogP contribution is 2.28. The lowest BCUT2D eigenvalue weighted by molar-refractivity contribution is -0.139. The Balaban J connectivity index is 1.83. The maximum atomic E-state index is 13.1. The molecule has 0 saturated heterocycles. The summed E-state index contributed by atoms with van der Waals surface area (Å²) in [5, 5.41) is 32.2. The summed E-state index contributed by atoms with van der Waals surface area (Å²) in [5.74, 6) is -1.20. The fraction of sp³-hybridized carbons (Fsp3) is 0.192. The van der Waals surface area contributed by atoms with Crippen molar-refractivity contribution in [2.75, 3.05) is 42.3 Å². The Kier molecular flexibility index (Phi) is 9.31. The number of ether oxygens (including phenoxy) is 1. The SMILES string of the molecule is CN(CCO)c1ccc(OCC(=O)O)c(CNc2ccc(Cl)cc2C(=O)Nc2ccc(C(=N)N)cc2)c1. The Hall–Kier alpha value is -4.28. The molecule has 0 spiro atoms. The Morgan fingerprint density at radius 2 is 1.84 bits per heavy atom. The molecule has 0 saturated carbocycles. The van der Waals surface area contributed by atoms with Gasteiger partial charge in [0.25, 0.3) is 5.91 Å². The number of anilines is 3. The fourth-order valence-corrected chi connectivity index (χ4v) is 3.65. The second kappa shape index (κ2) is 12.6. The fourth-order valence-electron chi connectivity index (χ4n) is 3.48. The normalized spacial score (nSPS) is 10.5. The number of nitrogens with one attached hydrogen (secondary N) is 3. The minimum Gasteiger partial charge on any atom is -0.482 e. The number of benzene rings is 3. The number of carbonyl (C=O) groups is 2. The van der Waals surface area contributed by atoms with Crippen molar-refractivity contribution < 1.29 is 24.5 Å². The first-order valence-corrected chi connectivity index (χ1v) is 11.6. The first-order chi connectivity index (χ1) is 17.7. The van der Waals surface area contributed by atoms with Gasteiger partial charge in [0.05, 0.1) is 12.2 Å². The third kappa shape index (κ3) is 7.60. The van der Waals surface area contributed by atoms with Gasteiger partial charge in [-0.1, -0.05) is 11.6 Å².